The quantitative estimate of drug-likeness (QED) is 0.198. The van der Waals surface area contributed by atoms with Crippen LogP contribution in [0.4, 0.5) is 18.9 Å². The van der Waals surface area contributed by atoms with Gasteiger partial charge in [0.15, 0.2) is 13.0 Å². The Morgan fingerprint density at radius 2 is 1.62 bits per heavy atom. The van der Waals surface area contributed by atoms with Crippen LogP contribution in [0.15, 0.2) is 89.8 Å². The van der Waals surface area contributed by atoms with Crippen molar-refractivity contribution in [3.63, 3.8) is 0 Å². The van der Waals surface area contributed by atoms with Crippen LogP contribution in [-0.2, 0) is 12.7 Å². The highest BCUT2D eigenvalue weighted by atomic mass is 31.2. The van der Waals surface area contributed by atoms with Crippen molar-refractivity contribution >= 4 is 40.2 Å². The highest BCUT2D eigenvalue weighted by Crippen LogP contribution is 2.64. The fraction of sp³-hybridized carbons (Fsp3) is 0.267. The molecule has 0 amide bonds. The lowest BCUT2D eigenvalue weighted by Crippen LogP contribution is -2.32. The second-order valence-electron chi connectivity index (χ2n) is 10.3. The van der Waals surface area contributed by atoms with Gasteiger partial charge in [0.2, 0.25) is 0 Å². The summed E-state index contributed by atoms with van der Waals surface area (Å²) in [7, 11) is -3.36. The van der Waals surface area contributed by atoms with Crippen LogP contribution in [0.5, 0.6) is 5.75 Å². The van der Waals surface area contributed by atoms with Crippen molar-refractivity contribution in [1.82, 2.24) is 14.8 Å². The number of nitrogens with zero attached hydrogens (tertiary/aromatic N) is 4. The lowest BCUT2D eigenvalue weighted by Gasteiger charge is -2.37. The first-order chi connectivity index (χ1) is 18.5. The maximum atomic E-state index is 14.2. The van der Waals surface area contributed by atoms with Gasteiger partial charge in [0.1, 0.15) is 11.0 Å². The lowest BCUT2D eigenvalue weighted by atomic mass is 10.2. The molecule has 2 heterocycles. The maximum absolute atomic E-state index is 14.2. The van der Waals surface area contributed by atoms with E-state index < -0.39 is 24.2 Å². The van der Waals surface area contributed by atoms with Gasteiger partial charge in [-0.1, -0.05) is 76.2 Å². The number of benzene rings is 3. The second-order valence-corrected chi connectivity index (χ2v) is 13.6. The minimum atomic E-state index is -4.58. The number of halogens is 3. The predicted octanol–water partition coefficient (Wildman–Crippen LogP) is 8.96. The smallest absolute Gasteiger partial charge is 0.418 e. The van der Waals surface area contributed by atoms with Crippen molar-refractivity contribution in [2.45, 2.75) is 52.0 Å². The normalized spacial score (nSPS) is 13.9. The van der Waals surface area contributed by atoms with Crippen LogP contribution in [0.25, 0.3) is 21.8 Å². The molecule has 0 bridgehead atoms. The van der Waals surface area contributed by atoms with Gasteiger partial charge in [-0.15, -0.1) is 0 Å². The van der Waals surface area contributed by atoms with E-state index in [2.05, 4.69) is 4.98 Å². The highest BCUT2D eigenvalue weighted by Gasteiger charge is 2.44. The summed E-state index contributed by atoms with van der Waals surface area (Å²) in [5.41, 5.74) is 1.11. The molecular formula is C30H30F3N4OP. The summed E-state index contributed by atoms with van der Waals surface area (Å²) in [5, 5.41) is 5.82. The fourth-order valence-electron chi connectivity index (χ4n) is 4.71. The number of aromatic nitrogens is 3. The molecule has 3 aromatic carbocycles. The molecule has 0 saturated carbocycles. The molecule has 2 aromatic heterocycles. The average Bonchev–Trinajstić information content (AvgIpc) is 3.26. The number of rotatable bonds is 6. The first-order valence-electron chi connectivity index (χ1n) is 12.8. The van der Waals surface area contributed by atoms with E-state index in [4.69, 9.17) is 14.4 Å². The molecule has 0 fully saturated rings. The van der Waals surface area contributed by atoms with Crippen molar-refractivity contribution in [1.29, 1.82) is 0 Å². The summed E-state index contributed by atoms with van der Waals surface area (Å²) in [6.07, 6.45) is -2.13. The van der Waals surface area contributed by atoms with E-state index in [-0.39, 0.29) is 5.69 Å². The molecule has 0 saturated heterocycles. The largest absolute Gasteiger partial charge is 0.451 e. The van der Waals surface area contributed by atoms with Gasteiger partial charge < -0.3 is 4.52 Å². The Morgan fingerprint density at radius 3 is 2.36 bits per heavy atom. The zero-order valence-electron chi connectivity index (χ0n) is 22.3. The van der Waals surface area contributed by atoms with Gasteiger partial charge in [0, 0.05) is 28.7 Å². The summed E-state index contributed by atoms with van der Waals surface area (Å²) in [6, 6.07) is 22.5. The molecule has 0 spiro atoms. The Morgan fingerprint density at radius 1 is 0.897 bits per heavy atom. The van der Waals surface area contributed by atoms with Crippen molar-refractivity contribution in [2.24, 2.45) is 4.74 Å². The van der Waals surface area contributed by atoms with Gasteiger partial charge in [-0.05, 0) is 36.8 Å². The SMILES string of the molecule is CCCn1nc2ccccc2c1[P@@](=Nc1ccccc1C(F)(F)F)(Oc1cccc2cccnc12)C(C)(C)C. The Bertz CT molecular complexity index is 1700. The molecule has 0 unspecified atom stereocenters. The van der Waals surface area contributed by atoms with Crippen molar-refractivity contribution in [3.8, 4) is 5.75 Å². The Hall–Kier alpha value is -3.64. The van der Waals surface area contributed by atoms with Crippen LogP contribution in [-0.4, -0.2) is 19.9 Å². The molecule has 9 heteroatoms. The lowest BCUT2D eigenvalue weighted by molar-refractivity contribution is -0.137. The standard InChI is InChI=1S/C30H30F3N4OP/c1-5-20-37-28(22-14-6-8-16-24(22)35-37)39(29(2,3)4,36-25-17-9-7-15-23(25)30(31,32)33)38-26-18-10-12-21-13-11-19-34-27(21)26/h6-19H,5,20H2,1-4H3/t39-/m1/s1. The third kappa shape index (κ3) is 4.94. The average molecular weight is 551 g/mol. The molecule has 39 heavy (non-hydrogen) atoms. The molecule has 202 valence electrons. The molecular weight excluding hydrogens is 520 g/mol. The zero-order chi connectivity index (χ0) is 27.8. The Kier molecular flexibility index (Phi) is 7.02. The van der Waals surface area contributed by atoms with Crippen LogP contribution < -0.4 is 9.96 Å². The van der Waals surface area contributed by atoms with Gasteiger partial charge >= 0.3 is 6.18 Å². The molecule has 0 aliphatic heterocycles. The monoisotopic (exact) mass is 550 g/mol. The maximum Gasteiger partial charge on any atom is 0.418 e. The summed E-state index contributed by atoms with van der Waals surface area (Å²) < 4.78 is 56.7. The number of pyridine rings is 1. The fourth-order valence-corrected chi connectivity index (χ4v) is 8.03. The number of hydrogen-bond donors (Lipinski definition) is 0. The van der Waals surface area contributed by atoms with E-state index in [1.807, 2.05) is 87.0 Å². The summed E-state index contributed by atoms with van der Waals surface area (Å²) >= 11 is 0. The van der Waals surface area contributed by atoms with Crippen molar-refractivity contribution in [2.75, 3.05) is 0 Å². The van der Waals surface area contributed by atoms with Crippen LogP contribution >= 0.6 is 7.28 Å². The Labute approximate surface area is 225 Å². The van der Waals surface area contributed by atoms with Crippen molar-refractivity contribution in [3.05, 3.63) is 90.6 Å². The van der Waals surface area contributed by atoms with E-state index in [0.717, 1.165) is 28.8 Å². The third-order valence-electron chi connectivity index (χ3n) is 6.53. The van der Waals surface area contributed by atoms with Crippen LogP contribution in [0, 0.1) is 0 Å². The summed E-state index contributed by atoms with van der Waals surface area (Å²) in [6.45, 7) is 8.51. The molecule has 0 N–H and O–H groups in total. The van der Waals surface area contributed by atoms with Crippen LogP contribution in [0.2, 0.25) is 0 Å². The summed E-state index contributed by atoms with van der Waals surface area (Å²) in [5.74, 6) is 0.470. The molecule has 0 radical (unpaired) electrons. The molecule has 1 atom stereocenters. The topological polar surface area (TPSA) is 52.3 Å². The van der Waals surface area contributed by atoms with Crippen LogP contribution in [0.1, 0.15) is 39.7 Å². The predicted molar refractivity (Wildman–Crippen MR) is 152 cm³/mol. The number of alkyl halides is 3. The number of hydrogen-bond acceptors (Lipinski definition) is 4. The number of aryl methyl sites for hydroxylation is 1. The van der Waals surface area contributed by atoms with Gasteiger partial charge in [-0.2, -0.15) is 18.3 Å². The third-order valence-corrected chi connectivity index (χ3v) is 10.4. The number of fused-ring (bicyclic) bond motifs is 2. The van der Waals surface area contributed by atoms with E-state index in [9.17, 15) is 13.2 Å². The first kappa shape index (κ1) is 26.9. The second kappa shape index (κ2) is 10.2. The highest BCUT2D eigenvalue weighted by molar-refractivity contribution is 7.71. The minimum Gasteiger partial charge on any atom is -0.451 e. The first-order valence-corrected chi connectivity index (χ1v) is 14.5. The Balaban J connectivity index is 1.95. The van der Waals surface area contributed by atoms with E-state index in [0.29, 0.717) is 23.2 Å². The molecule has 5 aromatic rings. The van der Waals surface area contributed by atoms with E-state index in [1.54, 1.807) is 12.3 Å². The van der Waals surface area contributed by atoms with Gasteiger partial charge in [-0.3, -0.25) is 9.67 Å². The van der Waals surface area contributed by atoms with E-state index in [1.165, 1.54) is 12.1 Å². The van der Waals surface area contributed by atoms with Crippen LogP contribution in [0.3, 0.4) is 0 Å². The molecule has 0 aliphatic rings. The molecule has 0 aliphatic carbocycles. The van der Waals surface area contributed by atoms with Crippen molar-refractivity contribution < 1.29 is 17.7 Å². The zero-order valence-corrected chi connectivity index (χ0v) is 23.2. The minimum absolute atomic E-state index is 0.158. The summed E-state index contributed by atoms with van der Waals surface area (Å²) in [4.78, 5) is 4.56. The van der Waals surface area contributed by atoms with Gasteiger partial charge in [-0.25, -0.2) is 4.74 Å². The number of para-hydroxylation sites is 1. The van der Waals surface area contributed by atoms with Gasteiger partial charge in [0.05, 0.1) is 16.8 Å². The molecule has 5 nitrogen and oxygen atoms in total. The van der Waals surface area contributed by atoms with E-state index >= 15 is 0 Å². The van der Waals surface area contributed by atoms with Gasteiger partial charge in [0.25, 0.3) is 0 Å². The molecule has 5 rings (SSSR count).